The van der Waals surface area contributed by atoms with E-state index in [-0.39, 0.29) is 10.7 Å². The molecule has 0 saturated carbocycles. The van der Waals surface area contributed by atoms with Gasteiger partial charge in [-0.15, -0.1) is 5.10 Å². The van der Waals surface area contributed by atoms with Gasteiger partial charge in [-0.3, -0.25) is 14.1 Å². The van der Waals surface area contributed by atoms with Gasteiger partial charge in [0.2, 0.25) is 5.82 Å². The smallest absolute Gasteiger partial charge is 0.294 e. The fraction of sp³-hybridized carbons (Fsp3) is 0.172. The molecule has 0 spiro atoms. The van der Waals surface area contributed by atoms with Crippen LogP contribution in [-0.4, -0.2) is 58.7 Å². The van der Waals surface area contributed by atoms with Gasteiger partial charge in [0.15, 0.2) is 0 Å². The number of fused-ring (bicyclic) bond motifs is 1. The molecule has 2 heterocycles. The molecule has 0 unspecified atom stereocenters. The Labute approximate surface area is 236 Å². The zero-order valence-electron chi connectivity index (χ0n) is 22.1. The summed E-state index contributed by atoms with van der Waals surface area (Å²) in [4.78, 5) is 31.6. The average Bonchev–Trinajstić information content (AvgIpc) is 3.40. The second-order valence-corrected chi connectivity index (χ2v) is 10.8. The molecule has 0 saturated heterocycles. The Kier molecular flexibility index (Phi) is 7.56. The first-order valence-corrected chi connectivity index (χ1v) is 13.9. The van der Waals surface area contributed by atoms with E-state index >= 15 is 0 Å². The molecule has 41 heavy (non-hydrogen) atoms. The minimum atomic E-state index is -4.35. The predicted molar refractivity (Wildman–Crippen MR) is 149 cm³/mol. The molecule has 11 nitrogen and oxygen atoms in total. The fourth-order valence-corrected chi connectivity index (χ4v) is 4.79. The molecule has 1 aliphatic heterocycles. The second-order valence-electron chi connectivity index (χ2n) is 9.36. The Morgan fingerprint density at radius 1 is 1.05 bits per heavy atom. The van der Waals surface area contributed by atoms with Crippen molar-refractivity contribution in [2.24, 2.45) is 0 Å². The summed E-state index contributed by atoms with van der Waals surface area (Å²) in [7, 11) is -2.78. The Bertz CT molecular complexity index is 1790. The minimum absolute atomic E-state index is 0.0685. The van der Waals surface area contributed by atoms with E-state index in [1.807, 2.05) is 30.3 Å². The number of benzene rings is 3. The third kappa shape index (κ3) is 6.27. The van der Waals surface area contributed by atoms with Crippen LogP contribution in [0.2, 0.25) is 0 Å². The molecule has 12 heteroatoms. The molecule has 1 aliphatic rings. The number of nitrogens with zero attached hydrogens (tertiary/aromatic N) is 4. The van der Waals surface area contributed by atoms with E-state index in [0.29, 0.717) is 29.1 Å². The van der Waals surface area contributed by atoms with Gasteiger partial charge in [-0.25, -0.2) is 9.67 Å². The van der Waals surface area contributed by atoms with Crippen LogP contribution < -0.4 is 15.0 Å². The van der Waals surface area contributed by atoms with E-state index in [0.717, 1.165) is 5.56 Å². The third-order valence-electron chi connectivity index (χ3n) is 6.40. The van der Waals surface area contributed by atoms with Gasteiger partial charge in [0.25, 0.3) is 21.9 Å². The standard InChI is InChI=1S/C29H25N5O6S/c1-19-26(31-28(35)27-30-18-34(32-27)17-22-7-4-3-5-8-22)29(36)33(2)24-16-21(13-14-25(24)40-19)12-11-20-9-6-10-23(15-20)41(37,38)39/h3-10,13-16,18-19,26H,17H2,1-2H3,(H,31,35)(H,37,38,39)/t19-,26+/m1/s1. The summed E-state index contributed by atoms with van der Waals surface area (Å²) in [5.74, 6) is 5.14. The Balaban J connectivity index is 1.32. The normalized spacial score (nSPS) is 16.6. The summed E-state index contributed by atoms with van der Waals surface area (Å²) in [5.41, 5.74) is 2.36. The van der Waals surface area contributed by atoms with E-state index in [2.05, 4.69) is 27.2 Å². The summed E-state index contributed by atoms with van der Waals surface area (Å²) in [6.07, 6.45) is 0.752. The van der Waals surface area contributed by atoms with Gasteiger partial charge in [-0.2, -0.15) is 8.42 Å². The van der Waals surface area contributed by atoms with Gasteiger partial charge in [0, 0.05) is 18.2 Å². The highest BCUT2D eigenvalue weighted by Crippen LogP contribution is 2.33. The predicted octanol–water partition coefficient (Wildman–Crippen LogP) is 2.52. The number of aromatic nitrogens is 3. The maximum absolute atomic E-state index is 13.4. The van der Waals surface area contributed by atoms with Crippen molar-refractivity contribution in [2.45, 2.75) is 30.5 Å². The van der Waals surface area contributed by atoms with Crippen molar-refractivity contribution >= 4 is 27.6 Å². The molecule has 3 aromatic carbocycles. The first kappa shape index (κ1) is 27.6. The Morgan fingerprint density at radius 2 is 1.78 bits per heavy atom. The maximum Gasteiger partial charge on any atom is 0.294 e. The monoisotopic (exact) mass is 571 g/mol. The number of hydrogen-bond donors (Lipinski definition) is 2. The molecular formula is C29H25N5O6S. The van der Waals surface area contributed by atoms with Crippen molar-refractivity contribution in [3.63, 3.8) is 0 Å². The lowest BCUT2D eigenvalue weighted by atomic mass is 10.1. The van der Waals surface area contributed by atoms with Gasteiger partial charge in [-0.1, -0.05) is 48.2 Å². The number of carbonyl (C=O) groups is 2. The highest BCUT2D eigenvalue weighted by atomic mass is 32.2. The van der Waals surface area contributed by atoms with Gasteiger partial charge in [-0.05, 0) is 48.9 Å². The molecule has 0 aliphatic carbocycles. The topological polar surface area (TPSA) is 144 Å². The molecule has 208 valence electrons. The number of hydrogen-bond acceptors (Lipinski definition) is 7. The van der Waals surface area contributed by atoms with E-state index < -0.39 is 34.1 Å². The first-order chi connectivity index (χ1) is 19.6. The third-order valence-corrected chi connectivity index (χ3v) is 7.25. The number of amides is 2. The van der Waals surface area contributed by atoms with Gasteiger partial charge in [0.05, 0.1) is 17.1 Å². The Hall–Kier alpha value is -4.99. The van der Waals surface area contributed by atoms with Crippen LogP contribution in [0.4, 0.5) is 5.69 Å². The highest BCUT2D eigenvalue weighted by Gasteiger charge is 2.36. The van der Waals surface area contributed by atoms with Crippen LogP contribution in [0.15, 0.2) is 84.0 Å². The highest BCUT2D eigenvalue weighted by molar-refractivity contribution is 7.85. The van der Waals surface area contributed by atoms with Gasteiger partial charge in [0.1, 0.15) is 24.2 Å². The van der Waals surface area contributed by atoms with Crippen molar-refractivity contribution in [3.8, 4) is 17.6 Å². The van der Waals surface area contributed by atoms with E-state index in [1.165, 1.54) is 29.4 Å². The molecule has 4 aromatic rings. The van der Waals surface area contributed by atoms with Gasteiger partial charge >= 0.3 is 0 Å². The van der Waals surface area contributed by atoms with Crippen LogP contribution in [0.5, 0.6) is 5.75 Å². The largest absolute Gasteiger partial charge is 0.486 e. The lowest BCUT2D eigenvalue weighted by Gasteiger charge is -2.23. The van der Waals surface area contributed by atoms with Crippen LogP contribution in [0.25, 0.3) is 0 Å². The van der Waals surface area contributed by atoms with Crippen molar-refractivity contribution in [3.05, 3.63) is 102 Å². The van der Waals surface area contributed by atoms with Crippen molar-refractivity contribution in [2.75, 3.05) is 11.9 Å². The van der Waals surface area contributed by atoms with Crippen LogP contribution >= 0.6 is 0 Å². The fourth-order valence-electron chi connectivity index (χ4n) is 4.26. The van der Waals surface area contributed by atoms with E-state index in [1.54, 1.807) is 42.9 Å². The quantitative estimate of drug-likeness (QED) is 0.275. The lowest BCUT2D eigenvalue weighted by molar-refractivity contribution is -0.121. The first-order valence-electron chi connectivity index (χ1n) is 12.5. The second kappa shape index (κ2) is 11.2. The lowest BCUT2D eigenvalue weighted by Crippen LogP contribution is -2.53. The number of anilines is 1. The Morgan fingerprint density at radius 3 is 2.51 bits per heavy atom. The maximum atomic E-state index is 13.4. The summed E-state index contributed by atoms with van der Waals surface area (Å²) >= 11 is 0. The minimum Gasteiger partial charge on any atom is -0.486 e. The number of likely N-dealkylation sites (N-methyl/N-ethyl adjacent to an activating group) is 1. The summed E-state index contributed by atoms with van der Waals surface area (Å²) < 4.78 is 39.7. The molecule has 2 amide bonds. The molecule has 2 atom stereocenters. The zero-order valence-corrected chi connectivity index (χ0v) is 22.9. The molecule has 5 rings (SSSR count). The van der Waals surface area contributed by atoms with Crippen molar-refractivity contribution in [1.29, 1.82) is 0 Å². The van der Waals surface area contributed by atoms with E-state index in [9.17, 15) is 22.6 Å². The molecular weight excluding hydrogens is 546 g/mol. The summed E-state index contributed by atoms with van der Waals surface area (Å²) in [6.45, 7) is 2.13. The SMILES string of the molecule is C[C@H]1Oc2ccc(C#Cc3cccc(S(=O)(=O)O)c3)cc2N(C)C(=O)[C@H]1NC(=O)c1ncn(Cc2ccccc2)n1. The molecule has 1 aromatic heterocycles. The zero-order chi connectivity index (χ0) is 29.1. The molecule has 0 fully saturated rings. The summed E-state index contributed by atoms with van der Waals surface area (Å²) in [5, 5.41) is 6.95. The van der Waals surface area contributed by atoms with Crippen LogP contribution in [0.1, 0.15) is 34.2 Å². The van der Waals surface area contributed by atoms with E-state index in [4.69, 9.17) is 4.74 Å². The van der Waals surface area contributed by atoms with Crippen LogP contribution in [0.3, 0.4) is 0 Å². The summed E-state index contributed by atoms with van der Waals surface area (Å²) in [6, 6.07) is 19.3. The van der Waals surface area contributed by atoms with Gasteiger partial charge < -0.3 is 15.0 Å². The average molecular weight is 572 g/mol. The number of nitrogens with one attached hydrogen (secondary N) is 1. The van der Waals surface area contributed by atoms with Crippen molar-refractivity contribution in [1.82, 2.24) is 20.1 Å². The molecule has 0 radical (unpaired) electrons. The number of rotatable bonds is 5. The van der Waals surface area contributed by atoms with Crippen LogP contribution in [-0.2, 0) is 21.5 Å². The number of ether oxygens (including phenoxy) is 1. The molecule has 2 N–H and O–H groups in total. The molecule has 0 bridgehead atoms. The van der Waals surface area contributed by atoms with Crippen molar-refractivity contribution < 1.29 is 27.3 Å². The number of carbonyl (C=O) groups excluding carboxylic acids is 2. The van der Waals surface area contributed by atoms with Crippen LogP contribution in [0, 0.1) is 11.8 Å².